The van der Waals surface area contributed by atoms with Gasteiger partial charge in [0.05, 0.1) is 16.7 Å². The number of hydrogen-bond donors (Lipinski definition) is 0. The van der Waals surface area contributed by atoms with Gasteiger partial charge in [0.1, 0.15) is 6.26 Å². The molecule has 3 rings (SSSR count). The molecule has 128 valence electrons. The Morgan fingerprint density at radius 3 is 2.42 bits per heavy atom. The standard InChI is InChI=1S/C17H20N2O4S/c1-13-3-4-14(2)16(11-13)24(21,22)19-8-6-18(7-9-19)17(20)15-5-10-23-12-15/h3-5,10-12H,6-9H2,1-2H3. The van der Waals surface area contributed by atoms with E-state index in [-0.39, 0.29) is 5.91 Å². The molecule has 2 aromatic rings. The maximum absolute atomic E-state index is 12.9. The molecule has 1 aliphatic heterocycles. The summed E-state index contributed by atoms with van der Waals surface area (Å²) in [6.45, 7) is 4.99. The van der Waals surface area contributed by atoms with Gasteiger partial charge in [-0.15, -0.1) is 0 Å². The van der Waals surface area contributed by atoms with Gasteiger partial charge < -0.3 is 9.32 Å². The first-order chi connectivity index (χ1) is 11.4. The Morgan fingerprint density at radius 1 is 1.08 bits per heavy atom. The number of rotatable bonds is 3. The summed E-state index contributed by atoms with van der Waals surface area (Å²) < 4.78 is 32.1. The minimum atomic E-state index is -3.54. The Bertz CT molecular complexity index is 835. The molecule has 1 saturated heterocycles. The first-order valence-electron chi connectivity index (χ1n) is 7.78. The van der Waals surface area contributed by atoms with Gasteiger partial charge in [0, 0.05) is 26.2 Å². The zero-order chi connectivity index (χ0) is 17.3. The van der Waals surface area contributed by atoms with E-state index in [1.807, 2.05) is 19.1 Å². The summed E-state index contributed by atoms with van der Waals surface area (Å²) in [6.07, 6.45) is 2.86. The fourth-order valence-electron chi connectivity index (χ4n) is 2.82. The summed E-state index contributed by atoms with van der Waals surface area (Å²) in [5.74, 6) is -0.132. The minimum Gasteiger partial charge on any atom is -0.472 e. The molecule has 1 amide bonds. The van der Waals surface area contributed by atoms with Crippen LogP contribution in [0.3, 0.4) is 0 Å². The Hall–Kier alpha value is -2.12. The largest absolute Gasteiger partial charge is 0.472 e. The average molecular weight is 348 g/mol. The maximum atomic E-state index is 12.9. The van der Waals surface area contributed by atoms with Crippen molar-refractivity contribution in [1.82, 2.24) is 9.21 Å². The molecule has 7 heteroatoms. The Morgan fingerprint density at radius 2 is 1.79 bits per heavy atom. The van der Waals surface area contributed by atoms with Gasteiger partial charge in [0.25, 0.3) is 5.91 Å². The zero-order valence-corrected chi connectivity index (χ0v) is 14.5. The molecule has 0 aliphatic carbocycles. The van der Waals surface area contributed by atoms with Crippen LogP contribution >= 0.6 is 0 Å². The SMILES string of the molecule is Cc1ccc(C)c(S(=O)(=O)N2CCN(C(=O)c3ccoc3)CC2)c1. The Labute approximate surface area is 141 Å². The molecule has 0 atom stereocenters. The highest BCUT2D eigenvalue weighted by atomic mass is 32.2. The molecule has 0 spiro atoms. The highest BCUT2D eigenvalue weighted by molar-refractivity contribution is 7.89. The van der Waals surface area contributed by atoms with E-state index in [1.165, 1.54) is 16.8 Å². The number of benzene rings is 1. The van der Waals surface area contributed by atoms with Crippen LogP contribution < -0.4 is 0 Å². The van der Waals surface area contributed by atoms with Crippen molar-refractivity contribution in [2.75, 3.05) is 26.2 Å². The lowest BCUT2D eigenvalue weighted by molar-refractivity contribution is 0.0697. The molecule has 1 fully saturated rings. The number of sulfonamides is 1. The third-order valence-corrected chi connectivity index (χ3v) is 6.30. The summed E-state index contributed by atoms with van der Waals surface area (Å²) in [5.41, 5.74) is 2.13. The summed E-state index contributed by atoms with van der Waals surface area (Å²) in [6, 6.07) is 7.03. The highest BCUT2D eigenvalue weighted by Crippen LogP contribution is 2.22. The van der Waals surface area contributed by atoms with Crippen molar-refractivity contribution in [1.29, 1.82) is 0 Å². The van der Waals surface area contributed by atoms with Crippen LogP contribution in [0, 0.1) is 13.8 Å². The van der Waals surface area contributed by atoms with Gasteiger partial charge >= 0.3 is 0 Å². The number of carbonyl (C=O) groups is 1. The summed E-state index contributed by atoms with van der Waals surface area (Å²) in [4.78, 5) is 14.3. The second-order valence-electron chi connectivity index (χ2n) is 5.98. The molecule has 0 N–H and O–H groups in total. The van der Waals surface area contributed by atoms with Crippen LogP contribution in [-0.4, -0.2) is 49.7 Å². The molecule has 0 unspecified atom stereocenters. The van der Waals surface area contributed by atoms with Crippen molar-refractivity contribution >= 4 is 15.9 Å². The van der Waals surface area contributed by atoms with E-state index in [0.29, 0.717) is 36.6 Å². The monoisotopic (exact) mass is 348 g/mol. The predicted octanol–water partition coefficient (Wildman–Crippen LogP) is 2.04. The molecule has 1 aromatic heterocycles. The lowest BCUT2D eigenvalue weighted by Gasteiger charge is -2.34. The van der Waals surface area contributed by atoms with Crippen molar-refractivity contribution in [2.24, 2.45) is 0 Å². The highest BCUT2D eigenvalue weighted by Gasteiger charge is 2.31. The fraction of sp³-hybridized carbons (Fsp3) is 0.353. The van der Waals surface area contributed by atoms with Gasteiger partial charge in [-0.05, 0) is 37.1 Å². The quantitative estimate of drug-likeness (QED) is 0.851. The average Bonchev–Trinajstić information content (AvgIpc) is 3.11. The zero-order valence-electron chi connectivity index (χ0n) is 13.7. The second kappa shape index (κ2) is 6.41. The van der Waals surface area contributed by atoms with Crippen LogP contribution in [0.1, 0.15) is 21.5 Å². The van der Waals surface area contributed by atoms with Crippen molar-refractivity contribution in [2.45, 2.75) is 18.7 Å². The lowest BCUT2D eigenvalue weighted by atomic mass is 10.2. The molecule has 1 aromatic carbocycles. The van der Waals surface area contributed by atoms with Crippen molar-refractivity contribution in [3.8, 4) is 0 Å². The van der Waals surface area contributed by atoms with Gasteiger partial charge in [0.2, 0.25) is 10.0 Å². The van der Waals surface area contributed by atoms with E-state index in [2.05, 4.69) is 0 Å². The van der Waals surface area contributed by atoms with Crippen LogP contribution in [0.5, 0.6) is 0 Å². The van der Waals surface area contributed by atoms with E-state index in [9.17, 15) is 13.2 Å². The van der Waals surface area contributed by atoms with Crippen LogP contribution in [0.2, 0.25) is 0 Å². The number of aryl methyl sites for hydroxylation is 2. The van der Waals surface area contributed by atoms with Gasteiger partial charge in [-0.2, -0.15) is 4.31 Å². The summed E-state index contributed by atoms with van der Waals surface area (Å²) >= 11 is 0. The molecule has 2 heterocycles. The lowest BCUT2D eigenvalue weighted by Crippen LogP contribution is -2.50. The van der Waals surface area contributed by atoms with Gasteiger partial charge in [-0.1, -0.05) is 12.1 Å². The van der Waals surface area contributed by atoms with Gasteiger partial charge in [0.15, 0.2) is 0 Å². The van der Waals surface area contributed by atoms with Gasteiger partial charge in [-0.25, -0.2) is 8.42 Å². The van der Waals surface area contributed by atoms with Crippen LogP contribution in [0.4, 0.5) is 0 Å². The third kappa shape index (κ3) is 3.09. The molecule has 1 aliphatic rings. The molecule has 0 bridgehead atoms. The van der Waals surface area contributed by atoms with E-state index in [4.69, 9.17) is 4.42 Å². The Kier molecular flexibility index (Phi) is 4.47. The first kappa shape index (κ1) is 16.7. The topological polar surface area (TPSA) is 70.8 Å². The number of furan rings is 1. The number of piperazine rings is 1. The number of hydrogen-bond acceptors (Lipinski definition) is 4. The molecule has 24 heavy (non-hydrogen) atoms. The summed E-state index contributed by atoms with van der Waals surface area (Å²) in [7, 11) is -3.54. The number of nitrogens with zero attached hydrogens (tertiary/aromatic N) is 2. The second-order valence-corrected chi connectivity index (χ2v) is 7.88. The molecule has 6 nitrogen and oxygen atoms in total. The molecular weight excluding hydrogens is 328 g/mol. The molecule has 0 radical (unpaired) electrons. The Balaban J connectivity index is 1.74. The smallest absolute Gasteiger partial charge is 0.257 e. The normalized spacial score (nSPS) is 16.3. The predicted molar refractivity (Wildman–Crippen MR) is 89.3 cm³/mol. The van der Waals surface area contributed by atoms with Crippen LogP contribution in [-0.2, 0) is 10.0 Å². The molecular formula is C17H20N2O4S. The van der Waals surface area contributed by atoms with Gasteiger partial charge in [-0.3, -0.25) is 4.79 Å². The fourth-order valence-corrected chi connectivity index (χ4v) is 4.56. The van der Waals surface area contributed by atoms with E-state index >= 15 is 0 Å². The van der Waals surface area contributed by atoms with Crippen molar-refractivity contribution in [3.05, 3.63) is 53.5 Å². The van der Waals surface area contributed by atoms with E-state index < -0.39 is 10.0 Å². The number of carbonyl (C=O) groups excluding carboxylic acids is 1. The first-order valence-corrected chi connectivity index (χ1v) is 9.22. The summed E-state index contributed by atoms with van der Waals surface area (Å²) in [5, 5.41) is 0. The maximum Gasteiger partial charge on any atom is 0.257 e. The van der Waals surface area contributed by atoms with Crippen molar-refractivity contribution < 1.29 is 17.6 Å². The number of amides is 1. The van der Waals surface area contributed by atoms with Crippen LogP contribution in [0.25, 0.3) is 0 Å². The van der Waals surface area contributed by atoms with Crippen molar-refractivity contribution in [3.63, 3.8) is 0 Å². The minimum absolute atomic E-state index is 0.132. The molecule has 0 saturated carbocycles. The van der Waals surface area contributed by atoms with E-state index in [0.717, 1.165) is 11.1 Å². The van der Waals surface area contributed by atoms with Crippen LogP contribution in [0.15, 0.2) is 46.1 Å². The third-order valence-electron chi connectivity index (χ3n) is 4.26. The van der Waals surface area contributed by atoms with E-state index in [1.54, 1.807) is 24.0 Å².